The van der Waals surface area contributed by atoms with Crippen LogP contribution in [0.5, 0.6) is 11.5 Å². The van der Waals surface area contributed by atoms with Gasteiger partial charge in [0, 0.05) is 24.2 Å². The molecule has 2 aromatic carbocycles. The maximum atomic E-state index is 6.28. The first-order valence-electron chi connectivity index (χ1n) is 11.0. The summed E-state index contributed by atoms with van der Waals surface area (Å²) in [5.74, 6) is 2.02. The molecule has 0 unspecified atom stereocenters. The van der Waals surface area contributed by atoms with Crippen molar-refractivity contribution in [2.45, 2.75) is 38.8 Å². The van der Waals surface area contributed by atoms with E-state index in [1.807, 2.05) is 59.3 Å². The van der Waals surface area contributed by atoms with Gasteiger partial charge in [-0.1, -0.05) is 25.1 Å². The number of rotatable bonds is 6. The van der Waals surface area contributed by atoms with E-state index in [0.717, 1.165) is 53.3 Å². The molecule has 0 bridgehead atoms. The van der Waals surface area contributed by atoms with E-state index in [2.05, 4.69) is 35.6 Å². The number of para-hydroxylation sites is 1. The number of benzene rings is 2. The molecule has 0 radical (unpaired) electrons. The van der Waals surface area contributed by atoms with Crippen LogP contribution in [0.25, 0.3) is 22.3 Å². The molecule has 7 heteroatoms. The van der Waals surface area contributed by atoms with Crippen molar-refractivity contribution in [3.8, 4) is 22.8 Å². The van der Waals surface area contributed by atoms with Crippen molar-refractivity contribution < 1.29 is 4.74 Å². The molecule has 2 N–H and O–H groups in total. The number of nitrogen functional groups attached to an aromatic ring is 1. The lowest BCUT2D eigenvalue weighted by molar-refractivity contribution is 0.00483. The molecular formula is C25H28N6O. The van der Waals surface area contributed by atoms with Crippen molar-refractivity contribution in [3.05, 3.63) is 60.9 Å². The molecule has 164 valence electrons. The van der Waals surface area contributed by atoms with E-state index in [4.69, 9.17) is 15.6 Å². The summed E-state index contributed by atoms with van der Waals surface area (Å²) in [4.78, 5) is 11.3. The maximum Gasteiger partial charge on any atom is 0.164 e. The number of fused-ring (bicyclic) bond motifs is 1. The SMILES string of the molecule is CCC(C)(C)N1CC(n2nc(-c3ccc(Oc4ccccc4)cc3)c3c(N)ncnc32)C1. The lowest BCUT2D eigenvalue weighted by atomic mass is 9.93. The first-order valence-corrected chi connectivity index (χ1v) is 11.0. The van der Waals surface area contributed by atoms with Gasteiger partial charge in [0.25, 0.3) is 0 Å². The molecule has 0 amide bonds. The van der Waals surface area contributed by atoms with Crippen LogP contribution in [0.4, 0.5) is 5.82 Å². The van der Waals surface area contributed by atoms with Gasteiger partial charge in [0.2, 0.25) is 0 Å². The monoisotopic (exact) mass is 428 g/mol. The van der Waals surface area contributed by atoms with Gasteiger partial charge in [0.1, 0.15) is 29.3 Å². The number of aromatic nitrogens is 4. The van der Waals surface area contributed by atoms with Gasteiger partial charge < -0.3 is 10.5 Å². The molecule has 7 nitrogen and oxygen atoms in total. The Labute approximate surface area is 187 Å². The molecule has 5 rings (SSSR count). The summed E-state index contributed by atoms with van der Waals surface area (Å²) in [7, 11) is 0. The summed E-state index contributed by atoms with van der Waals surface area (Å²) in [6, 6.07) is 17.9. The summed E-state index contributed by atoms with van der Waals surface area (Å²) >= 11 is 0. The van der Waals surface area contributed by atoms with Crippen LogP contribution in [0.1, 0.15) is 33.2 Å². The molecule has 0 saturated carbocycles. The van der Waals surface area contributed by atoms with Crippen molar-refractivity contribution in [2.24, 2.45) is 0 Å². The summed E-state index contributed by atoms with van der Waals surface area (Å²) < 4.78 is 7.95. The zero-order valence-electron chi connectivity index (χ0n) is 18.7. The van der Waals surface area contributed by atoms with Crippen molar-refractivity contribution in [3.63, 3.8) is 0 Å². The van der Waals surface area contributed by atoms with Crippen LogP contribution in [0.3, 0.4) is 0 Å². The van der Waals surface area contributed by atoms with E-state index in [1.54, 1.807) is 0 Å². The van der Waals surface area contributed by atoms with Crippen LogP contribution < -0.4 is 10.5 Å². The molecule has 0 spiro atoms. The zero-order chi connectivity index (χ0) is 22.3. The van der Waals surface area contributed by atoms with Crippen LogP contribution >= 0.6 is 0 Å². The Morgan fingerprint density at radius 3 is 2.38 bits per heavy atom. The minimum Gasteiger partial charge on any atom is -0.457 e. The Bertz CT molecular complexity index is 1230. The van der Waals surface area contributed by atoms with Crippen LogP contribution in [0.15, 0.2) is 60.9 Å². The summed E-state index contributed by atoms with van der Waals surface area (Å²) in [6.45, 7) is 8.70. The Hall–Kier alpha value is -3.45. The fourth-order valence-corrected chi connectivity index (χ4v) is 4.09. The van der Waals surface area contributed by atoms with Gasteiger partial charge >= 0.3 is 0 Å². The predicted octanol–water partition coefficient (Wildman–Crippen LogP) is 4.91. The molecule has 32 heavy (non-hydrogen) atoms. The van der Waals surface area contributed by atoms with E-state index in [-0.39, 0.29) is 11.6 Å². The topological polar surface area (TPSA) is 82.1 Å². The minimum absolute atomic E-state index is 0.185. The second-order valence-corrected chi connectivity index (χ2v) is 8.91. The molecule has 0 aliphatic carbocycles. The molecule has 1 saturated heterocycles. The smallest absolute Gasteiger partial charge is 0.164 e. The molecule has 4 aromatic rings. The van der Waals surface area contributed by atoms with Gasteiger partial charge in [-0.05, 0) is 56.7 Å². The maximum absolute atomic E-state index is 6.28. The van der Waals surface area contributed by atoms with E-state index in [0.29, 0.717) is 5.82 Å². The van der Waals surface area contributed by atoms with Gasteiger partial charge in [-0.15, -0.1) is 0 Å². The zero-order valence-corrected chi connectivity index (χ0v) is 18.7. The largest absolute Gasteiger partial charge is 0.457 e. The third-order valence-corrected chi connectivity index (χ3v) is 6.55. The second-order valence-electron chi connectivity index (χ2n) is 8.91. The predicted molar refractivity (Wildman–Crippen MR) is 127 cm³/mol. The van der Waals surface area contributed by atoms with E-state index in [9.17, 15) is 0 Å². The van der Waals surface area contributed by atoms with Crippen LogP contribution in [0.2, 0.25) is 0 Å². The summed E-state index contributed by atoms with van der Waals surface area (Å²) in [6.07, 6.45) is 2.63. The summed E-state index contributed by atoms with van der Waals surface area (Å²) in [5.41, 5.74) is 9.01. The van der Waals surface area contributed by atoms with E-state index in [1.165, 1.54) is 6.33 Å². The average molecular weight is 429 g/mol. The van der Waals surface area contributed by atoms with Crippen molar-refractivity contribution in [1.29, 1.82) is 0 Å². The highest BCUT2D eigenvalue weighted by molar-refractivity contribution is 5.98. The highest BCUT2D eigenvalue weighted by Gasteiger charge is 2.38. The standard InChI is InChI=1S/C25H28N6O/c1-4-25(2,3)30-14-18(15-30)31-24-21(23(26)27-16-28-24)22(29-31)17-10-12-20(13-11-17)32-19-8-6-5-7-9-19/h5-13,16,18H,4,14-15H2,1-3H3,(H2,26,27,28). The number of nitrogens with two attached hydrogens (primary N) is 1. The fraction of sp³-hybridized carbons (Fsp3) is 0.320. The molecule has 3 heterocycles. The van der Waals surface area contributed by atoms with Gasteiger partial charge in [0.15, 0.2) is 5.65 Å². The van der Waals surface area contributed by atoms with Crippen molar-refractivity contribution >= 4 is 16.9 Å². The third-order valence-electron chi connectivity index (χ3n) is 6.55. The lowest BCUT2D eigenvalue weighted by Crippen LogP contribution is -2.57. The van der Waals surface area contributed by atoms with E-state index >= 15 is 0 Å². The number of nitrogens with zero attached hydrogens (tertiary/aromatic N) is 5. The molecule has 1 aliphatic heterocycles. The Balaban J connectivity index is 1.46. The fourth-order valence-electron chi connectivity index (χ4n) is 4.09. The van der Waals surface area contributed by atoms with Gasteiger partial charge in [-0.25, -0.2) is 14.6 Å². The van der Waals surface area contributed by atoms with Gasteiger partial charge in [0.05, 0.1) is 11.4 Å². The minimum atomic E-state index is 0.185. The number of ether oxygens (including phenoxy) is 1. The van der Waals surface area contributed by atoms with Crippen LogP contribution in [0, 0.1) is 0 Å². The molecule has 1 fully saturated rings. The first-order chi connectivity index (χ1) is 15.5. The van der Waals surface area contributed by atoms with Crippen LogP contribution in [-0.2, 0) is 0 Å². The molecular weight excluding hydrogens is 400 g/mol. The quantitative estimate of drug-likeness (QED) is 0.470. The second kappa shape index (κ2) is 7.91. The number of hydrogen-bond donors (Lipinski definition) is 1. The number of anilines is 1. The molecule has 2 aromatic heterocycles. The Morgan fingerprint density at radius 1 is 1.00 bits per heavy atom. The number of likely N-dealkylation sites (tertiary alicyclic amines) is 1. The van der Waals surface area contributed by atoms with Gasteiger partial charge in [-0.2, -0.15) is 5.10 Å². The van der Waals surface area contributed by atoms with E-state index < -0.39 is 0 Å². The van der Waals surface area contributed by atoms with Gasteiger partial charge in [-0.3, -0.25) is 4.90 Å². The third kappa shape index (κ3) is 3.58. The molecule has 0 atom stereocenters. The number of hydrogen-bond acceptors (Lipinski definition) is 6. The Kier molecular flexibility index (Phi) is 5.06. The average Bonchev–Trinajstić information content (AvgIpc) is 3.14. The first kappa shape index (κ1) is 20.5. The summed E-state index contributed by atoms with van der Waals surface area (Å²) in [5, 5.41) is 5.77. The highest BCUT2D eigenvalue weighted by Crippen LogP contribution is 2.37. The van der Waals surface area contributed by atoms with Crippen molar-refractivity contribution in [1.82, 2.24) is 24.6 Å². The van der Waals surface area contributed by atoms with Crippen molar-refractivity contribution in [2.75, 3.05) is 18.8 Å². The lowest BCUT2D eigenvalue weighted by Gasteiger charge is -2.48. The van der Waals surface area contributed by atoms with Crippen LogP contribution in [-0.4, -0.2) is 43.3 Å². The normalized spacial score (nSPS) is 15.1. The Morgan fingerprint density at radius 2 is 1.69 bits per heavy atom. The molecule has 1 aliphatic rings. The highest BCUT2D eigenvalue weighted by atomic mass is 16.5.